The molecule has 0 aromatic heterocycles. The first-order valence-electron chi connectivity index (χ1n) is 6.20. The fourth-order valence-electron chi connectivity index (χ4n) is 1.78. The molecule has 0 aliphatic rings. The molecule has 0 fully saturated rings. The summed E-state index contributed by atoms with van der Waals surface area (Å²) in [6.45, 7) is 3.22. The Morgan fingerprint density at radius 1 is 1.19 bits per heavy atom. The predicted molar refractivity (Wildman–Crippen MR) is 76.1 cm³/mol. The Morgan fingerprint density at radius 3 is 2.00 bits per heavy atom. The summed E-state index contributed by atoms with van der Waals surface area (Å²) >= 11 is 0. The lowest BCUT2D eigenvalue weighted by molar-refractivity contribution is -0.140. The van der Waals surface area contributed by atoms with E-state index in [0.29, 0.717) is 0 Å². The van der Waals surface area contributed by atoms with Crippen LogP contribution in [0.5, 0.6) is 11.5 Å². The molecule has 118 valence electrons. The van der Waals surface area contributed by atoms with Gasteiger partial charge in [0.2, 0.25) is 10.0 Å². The molecule has 0 heterocycles. The molecule has 8 heteroatoms. The number of carbonyl (C=O) groups is 1. The largest absolute Gasteiger partial charge is 0.495 e. The van der Waals surface area contributed by atoms with Crippen LogP contribution in [0.4, 0.5) is 0 Å². The van der Waals surface area contributed by atoms with E-state index in [0.717, 1.165) is 0 Å². The smallest absolute Gasteiger partial charge is 0.322 e. The molecule has 1 rings (SSSR count). The number of aliphatic carboxylic acids is 1. The molecular weight excluding hydrogens is 298 g/mol. The lowest BCUT2D eigenvalue weighted by Gasteiger charge is -2.20. The van der Waals surface area contributed by atoms with Crippen LogP contribution in [-0.2, 0) is 14.8 Å². The molecule has 0 radical (unpaired) electrons. The van der Waals surface area contributed by atoms with Gasteiger partial charge >= 0.3 is 5.97 Å². The minimum atomic E-state index is -4.12. The van der Waals surface area contributed by atoms with Crippen LogP contribution in [0.2, 0.25) is 0 Å². The third-order valence-electron chi connectivity index (χ3n) is 2.87. The predicted octanol–water partition coefficient (Wildman–Crippen LogP) is 1.09. The highest BCUT2D eigenvalue weighted by Crippen LogP contribution is 2.33. The molecule has 0 aliphatic carbocycles. The van der Waals surface area contributed by atoms with Crippen molar-refractivity contribution in [3.05, 3.63) is 18.2 Å². The Kier molecular flexibility index (Phi) is 5.56. The van der Waals surface area contributed by atoms with Gasteiger partial charge in [-0.15, -0.1) is 0 Å². The molecule has 0 amide bonds. The number of carboxylic acids is 1. The van der Waals surface area contributed by atoms with Gasteiger partial charge < -0.3 is 14.6 Å². The lowest BCUT2D eigenvalue weighted by atomic mass is 10.1. The number of sulfonamides is 1. The summed E-state index contributed by atoms with van der Waals surface area (Å²) < 4.78 is 37.2. The highest BCUT2D eigenvalue weighted by Gasteiger charge is 2.32. The van der Waals surface area contributed by atoms with Crippen LogP contribution >= 0.6 is 0 Å². The molecule has 0 spiro atoms. The van der Waals surface area contributed by atoms with E-state index in [2.05, 4.69) is 4.72 Å². The van der Waals surface area contributed by atoms with Gasteiger partial charge in [0, 0.05) is 0 Å². The van der Waals surface area contributed by atoms with Crippen LogP contribution in [0, 0.1) is 5.92 Å². The third kappa shape index (κ3) is 3.85. The number of hydrogen-bond acceptors (Lipinski definition) is 5. The average molecular weight is 317 g/mol. The molecule has 0 unspecified atom stereocenters. The Morgan fingerprint density at radius 2 is 1.67 bits per heavy atom. The van der Waals surface area contributed by atoms with Gasteiger partial charge in [0.25, 0.3) is 0 Å². The van der Waals surface area contributed by atoms with E-state index in [9.17, 15) is 13.2 Å². The van der Waals surface area contributed by atoms with E-state index >= 15 is 0 Å². The minimum absolute atomic E-state index is 0.0785. The number of carboxylic acid groups (broad SMARTS) is 1. The number of hydrogen-bond donors (Lipinski definition) is 2. The first kappa shape index (κ1) is 17.3. The summed E-state index contributed by atoms with van der Waals surface area (Å²) in [4.78, 5) is 10.9. The summed E-state index contributed by atoms with van der Waals surface area (Å²) in [7, 11) is -1.47. The molecule has 0 saturated carbocycles. The van der Waals surface area contributed by atoms with Crippen LogP contribution in [0.15, 0.2) is 23.1 Å². The van der Waals surface area contributed by atoms with Crippen molar-refractivity contribution in [1.29, 1.82) is 0 Å². The van der Waals surface area contributed by atoms with Crippen LogP contribution in [-0.4, -0.2) is 39.8 Å². The molecule has 7 nitrogen and oxygen atoms in total. The van der Waals surface area contributed by atoms with Crippen LogP contribution in [0.25, 0.3) is 0 Å². The molecule has 1 aromatic carbocycles. The molecule has 0 bridgehead atoms. The maximum Gasteiger partial charge on any atom is 0.322 e. The molecule has 0 saturated heterocycles. The zero-order valence-electron chi connectivity index (χ0n) is 12.3. The zero-order chi connectivity index (χ0) is 16.2. The monoisotopic (exact) mass is 317 g/mol. The van der Waals surface area contributed by atoms with E-state index < -0.39 is 28.0 Å². The van der Waals surface area contributed by atoms with Crippen molar-refractivity contribution in [2.75, 3.05) is 14.2 Å². The third-order valence-corrected chi connectivity index (χ3v) is 4.37. The van der Waals surface area contributed by atoms with E-state index in [1.807, 2.05) is 0 Å². The van der Waals surface area contributed by atoms with Crippen molar-refractivity contribution in [3.8, 4) is 11.5 Å². The number of rotatable bonds is 7. The Balaban J connectivity index is 3.34. The number of ether oxygens (including phenoxy) is 2. The van der Waals surface area contributed by atoms with Gasteiger partial charge in [-0.05, 0) is 18.1 Å². The van der Waals surface area contributed by atoms with Crippen molar-refractivity contribution in [2.24, 2.45) is 5.92 Å². The second-order valence-corrected chi connectivity index (χ2v) is 6.32. The van der Waals surface area contributed by atoms with Crippen molar-refractivity contribution in [2.45, 2.75) is 24.8 Å². The molecule has 21 heavy (non-hydrogen) atoms. The molecule has 1 atom stereocenters. The van der Waals surface area contributed by atoms with Crippen molar-refractivity contribution < 1.29 is 27.8 Å². The van der Waals surface area contributed by atoms with E-state index in [-0.39, 0.29) is 16.4 Å². The zero-order valence-corrected chi connectivity index (χ0v) is 13.1. The summed E-state index contributed by atoms with van der Waals surface area (Å²) in [5.41, 5.74) is 0. The maximum atomic E-state index is 12.5. The molecule has 2 N–H and O–H groups in total. The Bertz CT molecular complexity index is 589. The first-order valence-corrected chi connectivity index (χ1v) is 7.69. The lowest BCUT2D eigenvalue weighted by Crippen LogP contribution is -2.44. The fourth-order valence-corrected chi connectivity index (χ4v) is 3.44. The van der Waals surface area contributed by atoms with Crippen molar-refractivity contribution >= 4 is 16.0 Å². The van der Waals surface area contributed by atoms with Gasteiger partial charge in [0.15, 0.2) is 4.90 Å². The molecule has 0 aliphatic heterocycles. The summed E-state index contributed by atoms with van der Waals surface area (Å²) in [6, 6.07) is 3.25. The van der Waals surface area contributed by atoms with Crippen molar-refractivity contribution in [1.82, 2.24) is 4.72 Å². The summed E-state index contributed by atoms with van der Waals surface area (Å²) in [5.74, 6) is -1.51. The maximum absolute atomic E-state index is 12.5. The average Bonchev–Trinajstić information content (AvgIpc) is 2.43. The van der Waals surface area contributed by atoms with Gasteiger partial charge in [0.1, 0.15) is 17.5 Å². The van der Waals surface area contributed by atoms with E-state index in [1.165, 1.54) is 26.4 Å². The normalized spacial score (nSPS) is 13.0. The number of benzene rings is 1. The van der Waals surface area contributed by atoms with Crippen LogP contribution < -0.4 is 14.2 Å². The SMILES string of the molecule is COc1cccc(OC)c1S(=O)(=O)N[C@@H](C(=O)O)C(C)C. The van der Waals surface area contributed by atoms with Gasteiger partial charge in [-0.3, -0.25) is 4.79 Å². The standard InChI is InChI=1S/C13H19NO6S/c1-8(2)11(13(15)16)14-21(17,18)12-9(19-3)6-5-7-10(12)20-4/h5-8,11,14H,1-4H3,(H,15,16)/t11-/m1/s1. The Hall–Kier alpha value is -1.80. The van der Waals surface area contributed by atoms with Crippen LogP contribution in [0.1, 0.15) is 13.8 Å². The number of nitrogens with one attached hydrogen (secondary N) is 1. The first-order chi connectivity index (χ1) is 9.74. The highest BCUT2D eigenvalue weighted by atomic mass is 32.2. The Labute approximate surface area is 123 Å². The quantitative estimate of drug-likeness (QED) is 0.780. The van der Waals surface area contributed by atoms with Gasteiger partial charge in [-0.1, -0.05) is 19.9 Å². The van der Waals surface area contributed by atoms with Gasteiger partial charge in [-0.25, -0.2) is 8.42 Å². The second-order valence-electron chi connectivity index (χ2n) is 4.67. The molecular formula is C13H19NO6S. The van der Waals surface area contributed by atoms with Gasteiger partial charge in [-0.2, -0.15) is 4.72 Å². The fraction of sp³-hybridized carbons (Fsp3) is 0.462. The summed E-state index contributed by atoms with van der Waals surface area (Å²) in [6.07, 6.45) is 0. The van der Waals surface area contributed by atoms with E-state index in [1.54, 1.807) is 19.9 Å². The van der Waals surface area contributed by atoms with Crippen molar-refractivity contribution in [3.63, 3.8) is 0 Å². The second kappa shape index (κ2) is 6.77. The van der Waals surface area contributed by atoms with E-state index in [4.69, 9.17) is 14.6 Å². The van der Waals surface area contributed by atoms with Gasteiger partial charge in [0.05, 0.1) is 14.2 Å². The number of methoxy groups -OCH3 is 2. The highest BCUT2D eigenvalue weighted by molar-refractivity contribution is 7.89. The molecule has 1 aromatic rings. The summed E-state index contributed by atoms with van der Waals surface area (Å²) in [5, 5.41) is 9.12. The topological polar surface area (TPSA) is 102 Å². The van der Waals surface area contributed by atoms with Crippen LogP contribution in [0.3, 0.4) is 0 Å². The minimum Gasteiger partial charge on any atom is -0.495 e.